The average Bonchev–Trinajstić information content (AvgIpc) is 2.30. The van der Waals surface area contributed by atoms with Gasteiger partial charge in [-0.3, -0.25) is 0 Å². The molecule has 0 spiro atoms. The summed E-state index contributed by atoms with van der Waals surface area (Å²) in [6.07, 6.45) is 0. The Morgan fingerprint density at radius 2 is 2.00 bits per heavy atom. The van der Waals surface area contributed by atoms with Crippen LogP contribution in [0.5, 0.6) is 0 Å². The van der Waals surface area contributed by atoms with E-state index in [-0.39, 0.29) is 23.6 Å². The van der Waals surface area contributed by atoms with Crippen molar-refractivity contribution < 1.29 is 8.42 Å². The highest BCUT2D eigenvalue weighted by atomic mass is 32.2. The third-order valence-electron chi connectivity index (χ3n) is 2.57. The van der Waals surface area contributed by atoms with Gasteiger partial charge in [-0.25, -0.2) is 12.7 Å². The van der Waals surface area contributed by atoms with Crippen LogP contribution in [-0.4, -0.2) is 37.6 Å². The molecule has 0 aromatic rings. The van der Waals surface area contributed by atoms with Gasteiger partial charge in [0.05, 0.1) is 5.75 Å². The lowest BCUT2D eigenvalue weighted by Gasteiger charge is -2.17. The summed E-state index contributed by atoms with van der Waals surface area (Å²) in [6.45, 7) is 6.88. The Morgan fingerprint density at radius 3 is 2.36 bits per heavy atom. The zero-order valence-corrected chi connectivity index (χ0v) is 9.92. The first-order valence-electron chi connectivity index (χ1n) is 5.06. The fourth-order valence-electron chi connectivity index (χ4n) is 1.70. The molecule has 2 N–H and O–H groups in total. The Kier molecular flexibility index (Phi) is 3.55. The molecule has 0 bridgehead atoms. The summed E-state index contributed by atoms with van der Waals surface area (Å²) < 4.78 is 25.1. The number of nitrogens with two attached hydrogens (primary N) is 1. The number of sulfonamides is 1. The van der Waals surface area contributed by atoms with Crippen LogP contribution in [0.1, 0.15) is 20.8 Å². The van der Waals surface area contributed by atoms with Crippen molar-refractivity contribution in [1.82, 2.24) is 4.31 Å². The molecule has 1 fully saturated rings. The lowest BCUT2D eigenvalue weighted by molar-refractivity contribution is 0.457. The minimum Gasteiger partial charge on any atom is -0.326 e. The first-order valence-corrected chi connectivity index (χ1v) is 6.67. The number of rotatable bonds is 3. The summed E-state index contributed by atoms with van der Waals surface area (Å²) in [7, 11) is -3.07. The Labute approximate surface area is 86.5 Å². The van der Waals surface area contributed by atoms with E-state index >= 15 is 0 Å². The van der Waals surface area contributed by atoms with E-state index in [2.05, 4.69) is 0 Å². The predicted octanol–water partition coefficient (Wildman–Crippen LogP) is 0.251. The van der Waals surface area contributed by atoms with Crippen molar-refractivity contribution in [2.75, 3.05) is 18.8 Å². The molecule has 14 heavy (non-hydrogen) atoms. The van der Waals surface area contributed by atoms with Crippen LogP contribution in [0.4, 0.5) is 0 Å². The molecule has 0 saturated carbocycles. The monoisotopic (exact) mass is 220 g/mol. The van der Waals surface area contributed by atoms with Crippen LogP contribution in [0.25, 0.3) is 0 Å². The van der Waals surface area contributed by atoms with Gasteiger partial charge in [0.25, 0.3) is 0 Å². The molecule has 1 aliphatic heterocycles. The highest BCUT2D eigenvalue weighted by molar-refractivity contribution is 7.89. The molecule has 1 aliphatic rings. The van der Waals surface area contributed by atoms with E-state index in [1.165, 1.54) is 4.31 Å². The van der Waals surface area contributed by atoms with E-state index in [0.29, 0.717) is 13.1 Å². The predicted molar refractivity (Wildman–Crippen MR) is 57.3 cm³/mol. The van der Waals surface area contributed by atoms with E-state index in [1.54, 1.807) is 0 Å². The molecule has 0 aromatic heterocycles. The second-order valence-corrected chi connectivity index (χ2v) is 6.64. The second-order valence-electron chi connectivity index (χ2n) is 4.63. The summed E-state index contributed by atoms with van der Waals surface area (Å²) in [4.78, 5) is 0. The Hall–Kier alpha value is -0.130. The fourth-order valence-corrected chi connectivity index (χ4v) is 3.61. The summed E-state index contributed by atoms with van der Waals surface area (Å²) in [5, 5.41) is 0. The van der Waals surface area contributed by atoms with Gasteiger partial charge in [-0.1, -0.05) is 20.8 Å². The number of hydrogen-bond acceptors (Lipinski definition) is 3. The molecule has 1 rings (SSSR count). The molecular formula is C9H20N2O2S. The van der Waals surface area contributed by atoms with Crippen molar-refractivity contribution in [3.63, 3.8) is 0 Å². The maximum absolute atomic E-state index is 11.8. The van der Waals surface area contributed by atoms with E-state index in [1.807, 2.05) is 20.8 Å². The lowest BCUT2D eigenvalue weighted by Crippen LogP contribution is -2.34. The standard InChI is InChI=1S/C9H20N2O2S/c1-7(2)6-14(12,13)11-4-8(3)9(10)5-11/h7-9H,4-6,10H2,1-3H3. The molecule has 84 valence electrons. The van der Waals surface area contributed by atoms with Crippen LogP contribution in [-0.2, 0) is 10.0 Å². The Morgan fingerprint density at radius 1 is 1.43 bits per heavy atom. The lowest BCUT2D eigenvalue weighted by atomic mass is 10.1. The smallest absolute Gasteiger partial charge is 0.214 e. The van der Waals surface area contributed by atoms with Gasteiger partial charge in [0, 0.05) is 19.1 Å². The maximum Gasteiger partial charge on any atom is 0.214 e. The summed E-state index contributed by atoms with van der Waals surface area (Å²) in [6, 6.07) is -0.00284. The SMILES string of the molecule is CC(C)CS(=O)(=O)N1CC(C)C(N)C1. The van der Waals surface area contributed by atoms with Crippen molar-refractivity contribution in [3.8, 4) is 0 Å². The molecule has 2 unspecified atom stereocenters. The minimum atomic E-state index is -3.07. The zero-order chi connectivity index (χ0) is 10.9. The molecule has 0 radical (unpaired) electrons. The minimum absolute atomic E-state index is 0.00284. The van der Waals surface area contributed by atoms with Crippen LogP contribution in [0, 0.1) is 11.8 Å². The van der Waals surface area contributed by atoms with Crippen LogP contribution in [0.3, 0.4) is 0 Å². The normalized spacial score (nSPS) is 30.1. The van der Waals surface area contributed by atoms with Crippen LogP contribution >= 0.6 is 0 Å². The highest BCUT2D eigenvalue weighted by Crippen LogP contribution is 2.19. The number of hydrogen-bond donors (Lipinski definition) is 1. The summed E-state index contributed by atoms with van der Waals surface area (Å²) >= 11 is 0. The van der Waals surface area contributed by atoms with Crippen LogP contribution in [0.2, 0.25) is 0 Å². The van der Waals surface area contributed by atoms with Gasteiger partial charge >= 0.3 is 0 Å². The summed E-state index contributed by atoms with van der Waals surface area (Å²) in [5.41, 5.74) is 5.79. The molecule has 2 atom stereocenters. The molecule has 1 heterocycles. The molecule has 4 nitrogen and oxygen atoms in total. The topological polar surface area (TPSA) is 63.4 Å². The maximum atomic E-state index is 11.8. The fraction of sp³-hybridized carbons (Fsp3) is 1.00. The molecule has 0 amide bonds. The average molecular weight is 220 g/mol. The van der Waals surface area contributed by atoms with Crippen molar-refractivity contribution >= 4 is 10.0 Å². The van der Waals surface area contributed by atoms with Gasteiger partial charge in [-0.2, -0.15) is 0 Å². The van der Waals surface area contributed by atoms with Gasteiger partial charge in [0.1, 0.15) is 0 Å². The second kappa shape index (κ2) is 4.16. The van der Waals surface area contributed by atoms with Crippen LogP contribution < -0.4 is 5.73 Å². The van der Waals surface area contributed by atoms with E-state index in [4.69, 9.17) is 5.73 Å². The highest BCUT2D eigenvalue weighted by Gasteiger charge is 2.34. The van der Waals surface area contributed by atoms with Crippen molar-refractivity contribution in [2.24, 2.45) is 17.6 Å². The molecule has 1 saturated heterocycles. The Balaban J connectivity index is 2.66. The largest absolute Gasteiger partial charge is 0.326 e. The van der Waals surface area contributed by atoms with E-state index in [9.17, 15) is 8.42 Å². The van der Waals surface area contributed by atoms with Gasteiger partial charge in [0.15, 0.2) is 0 Å². The van der Waals surface area contributed by atoms with Gasteiger partial charge in [0.2, 0.25) is 10.0 Å². The third kappa shape index (κ3) is 2.68. The molecule has 5 heteroatoms. The first-order chi connectivity index (χ1) is 6.33. The van der Waals surface area contributed by atoms with Crippen molar-refractivity contribution in [3.05, 3.63) is 0 Å². The molecular weight excluding hydrogens is 200 g/mol. The van der Waals surface area contributed by atoms with Crippen molar-refractivity contribution in [1.29, 1.82) is 0 Å². The van der Waals surface area contributed by atoms with E-state index < -0.39 is 10.0 Å². The quantitative estimate of drug-likeness (QED) is 0.741. The Bertz CT molecular complexity index is 277. The van der Waals surface area contributed by atoms with Crippen molar-refractivity contribution in [2.45, 2.75) is 26.8 Å². The zero-order valence-electron chi connectivity index (χ0n) is 9.10. The van der Waals surface area contributed by atoms with Gasteiger partial charge in [-0.05, 0) is 11.8 Å². The molecule has 0 aliphatic carbocycles. The summed E-state index contributed by atoms with van der Waals surface area (Å²) in [5.74, 6) is 0.677. The third-order valence-corrected chi connectivity index (χ3v) is 4.75. The number of nitrogens with zero attached hydrogens (tertiary/aromatic N) is 1. The molecule has 0 aromatic carbocycles. The van der Waals surface area contributed by atoms with Gasteiger partial charge < -0.3 is 5.73 Å². The first kappa shape index (κ1) is 11.9. The van der Waals surface area contributed by atoms with Gasteiger partial charge in [-0.15, -0.1) is 0 Å². The van der Waals surface area contributed by atoms with E-state index in [0.717, 1.165) is 0 Å². The van der Waals surface area contributed by atoms with Crippen LogP contribution in [0.15, 0.2) is 0 Å².